The second kappa shape index (κ2) is 6.79. The van der Waals surface area contributed by atoms with Crippen LogP contribution in [0.15, 0.2) is 64.1 Å². The molecule has 3 rings (SSSR count). The van der Waals surface area contributed by atoms with Gasteiger partial charge in [0.2, 0.25) is 0 Å². The summed E-state index contributed by atoms with van der Waals surface area (Å²) < 4.78 is 8.18. The summed E-state index contributed by atoms with van der Waals surface area (Å²) in [7, 11) is 1.65. The molecule has 5 heteroatoms. The zero-order valence-electron chi connectivity index (χ0n) is 12.9. The molecule has 4 nitrogen and oxygen atoms in total. The third-order valence-corrected chi connectivity index (χ3v) is 3.83. The van der Waals surface area contributed by atoms with Crippen LogP contribution in [0.25, 0.3) is 5.69 Å². The largest absolute Gasteiger partial charge is 0.496 e. The minimum absolute atomic E-state index is 0.774. The maximum absolute atomic E-state index is 5.37. The summed E-state index contributed by atoms with van der Waals surface area (Å²) in [5, 5.41) is 4.52. The topological polar surface area (TPSA) is 39.4 Å². The van der Waals surface area contributed by atoms with Gasteiger partial charge < -0.3 is 4.74 Å². The molecule has 2 aromatic carbocycles. The number of benzene rings is 2. The molecule has 0 aliphatic rings. The Labute approximate surface area is 143 Å². The Bertz CT molecular complexity index is 841. The number of hydrogen-bond donors (Lipinski definition) is 0. The summed E-state index contributed by atoms with van der Waals surface area (Å²) in [6, 6.07) is 17.7. The Balaban J connectivity index is 2.00. The molecule has 0 N–H and O–H groups in total. The Morgan fingerprint density at radius 3 is 2.65 bits per heavy atom. The van der Waals surface area contributed by atoms with Crippen LogP contribution in [0.1, 0.15) is 11.3 Å². The van der Waals surface area contributed by atoms with Crippen LogP contribution in [-0.4, -0.2) is 23.1 Å². The molecule has 0 amide bonds. The molecular weight excluding hydrogens is 354 g/mol. The maximum Gasteiger partial charge on any atom is 0.155 e. The summed E-state index contributed by atoms with van der Waals surface area (Å²) in [5.41, 5.74) is 2.80. The second-order valence-electron chi connectivity index (χ2n) is 5.04. The van der Waals surface area contributed by atoms with Crippen molar-refractivity contribution in [3.8, 4) is 11.4 Å². The highest BCUT2D eigenvalue weighted by atomic mass is 79.9. The van der Waals surface area contributed by atoms with Crippen molar-refractivity contribution in [1.82, 2.24) is 9.78 Å². The van der Waals surface area contributed by atoms with Crippen LogP contribution in [-0.2, 0) is 0 Å². The maximum atomic E-state index is 5.37. The zero-order chi connectivity index (χ0) is 16.2. The highest BCUT2D eigenvalue weighted by Crippen LogP contribution is 2.24. The van der Waals surface area contributed by atoms with Crippen molar-refractivity contribution in [2.24, 2.45) is 4.99 Å². The van der Waals surface area contributed by atoms with Crippen LogP contribution in [0.4, 0.5) is 5.82 Å². The first-order valence-electron chi connectivity index (χ1n) is 7.17. The minimum Gasteiger partial charge on any atom is -0.496 e. The summed E-state index contributed by atoms with van der Waals surface area (Å²) in [4.78, 5) is 4.60. The van der Waals surface area contributed by atoms with E-state index in [2.05, 4.69) is 26.0 Å². The molecule has 23 heavy (non-hydrogen) atoms. The summed E-state index contributed by atoms with van der Waals surface area (Å²) in [5.74, 6) is 1.55. The van der Waals surface area contributed by atoms with Crippen molar-refractivity contribution in [1.29, 1.82) is 0 Å². The number of aliphatic imine (C=N–C) groups is 1. The predicted octanol–water partition coefficient (Wildman–Crippen LogP) is 4.70. The van der Waals surface area contributed by atoms with E-state index < -0.39 is 0 Å². The Kier molecular flexibility index (Phi) is 4.57. The quantitative estimate of drug-likeness (QED) is 0.625. The number of halogens is 1. The van der Waals surface area contributed by atoms with Gasteiger partial charge in [0.05, 0.1) is 18.5 Å². The number of hydrogen-bond acceptors (Lipinski definition) is 3. The van der Waals surface area contributed by atoms with Crippen LogP contribution >= 0.6 is 15.9 Å². The molecule has 0 radical (unpaired) electrons. The van der Waals surface area contributed by atoms with Gasteiger partial charge in [0.25, 0.3) is 0 Å². The lowest BCUT2D eigenvalue weighted by Gasteiger charge is -2.05. The lowest BCUT2D eigenvalue weighted by molar-refractivity contribution is 0.414. The number of methoxy groups -OCH3 is 1. The van der Waals surface area contributed by atoms with Gasteiger partial charge in [0.1, 0.15) is 5.75 Å². The minimum atomic E-state index is 0.774. The van der Waals surface area contributed by atoms with Gasteiger partial charge >= 0.3 is 0 Å². The zero-order valence-corrected chi connectivity index (χ0v) is 14.5. The number of para-hydroxylation sites is 1. The lowest BCUT2D eigenvalue weighted by atomic mass is 10.2. The highest BCUT2D eigenvalue weighted by Gasteiger charge is 2.07. The molecule has 0 saturated heterocycles. The Morgan fingerprint density at radius 2 is 1.91 bits per heavy atom. The third kappa shape index (κ3) is 3.51. The van der Waals surface area contributed by atoms with E-state index in [1.54, 1.807) is 13.3 Å². The summed E-state index contributed by atoms with van der Waals surface area (Å²) in [6.45, 7) is 1.96. The highest BCUT2D eigenvalue weighted by molar-refractivity contribution is 9.10. The van der Waals surface area contributed by atoms with E-state index in [0.29, 0.717) is 0 Å². The van der Waals surface area contributed by atoms with E-state index in [0.717, 1.165) is 33.0 Å². The molecule has 0 fully saturated rings. The fourth-order valence-electron chi connectivity index (χ4n) is 2.28. The normalized spacial score (nSPS) is 11.1. The van der Waals surface area contributed by atoms with Gasteiger partial charge in [-0.1, -0.05) is 34.1 Å². The number of rotatable bonds is 4. The number of aromatic nitrogens is 2. The van der Waals surface area contributed by atoms with Gasteiger partial charge in [0, 0.05) is 22.3 Å². The summed E-state index contributed by atoms with van der Waals surface area (Å²) >= 11 is 3.47. The smallest absolute Gasteiger partial charge is 0.155 e. The SMILES string of the molecule is COc1ccc(Br)cc1C=Nc1cc(C)nn1-c1ccccc1. The first-order valence-corrected chi connectivity index (χ1v) is 7.96. The van der Waals surface area contributed by atoms with Crippen molar-refractivity contribution in [3.05, 3.63) is 70.3 Å². The Morgan fingerprint density at radius 1 is 1.13 bits per heavy atom. The van der Waals surface area contributed by atoms with Gasteiger partial charge in [0.15, 0.2) is 5.82 Å². The van der Waals surface area contributed by atoms with Gasteiger partial charge in [-0.3, -0.25) is 0 Å². The number of ether oxygens (including phenoxy) is 1. The van der Waals surface area contributed by atoms with Crippen LogP contribution < -0.4 is 4.74 Å². The van der Waals surface area contributed by atoms with E-state index in [4.69, 9.17) is 4.74 Å². The molecule has 116 valence electrons. The second-order valence-corrected chi connectivity index (χ2v) is 5.95. The van der Waals surface area contributed by atoms with Crippen molar-refractivity contribution in [2.45, 2.75) is 6.92 Å². The molecule has 3 aromatic rings. The molecule has 1 heterocycles. The fourth-order valence-corrected chi connectivity index (χ4v) is 2.66. The van der Waals surface area contributed by atoms with Gasteiger partial charge in [-0.25, -0.2) is 9.67 Å². The first-order chi connectivity index (χ1) is 11.2. The molecule has 1 aromatic heterocycles. The van der Waals surface area contributed by atoms with E-state index in [9.17, 15) is 0 Å². The third-order valence-electron chi connectivity index (χ3n) is 3.34. The average Bonchev–Trinajstić information content (AvgIpc) is 2.95. The van der Waals surface area contributed by atoms with E-state index in [1.165, 1.54) is 0 Å². The first kappa shape index (κ1) is 15.5. The lowest BCUT2D eigenvalue weighted by Crippen LogP contribution is -1.96. The van der Waals surface area contributed by atoms with Crippen molar-refractivity contribution >= 4 is 28.0 Å². The molecular formula is C18H16BrN3O. The average molecular weight is 370 g/mol. The summed E-state index contributed by atoms with van der Waals surface area (Å²) in [6.07, 6.45) is 1.79. The van der Waals surface area contributed by atoms with Crippen LogP contribution in [0.2, 0.25) is 0 Å². The molecule has 0 atom stereocenters. The van der Waals surface area contributed by atoms with Crippen LogP contribution in [0.3, 0.4) is 0 Å². The monoisotopic (exact) mass is 369 g/mol. The van der Waals surface area contributed by atoms with E-state index >= 15 is 0 Å². The standard InChI is InChI=1S/C18H16BrN3O/c1-13-10-18(22(21-13)16-6-4-3-5-7-16)20-12-14-11-15(19)8-9-17(14)23-2/h3-12H,1-2H3. The number of nitrogens with zero attached hydrogens (tertiary/aromatic N) is 3. The van der Waals surface area contributed by atoms with Gasteiger partial charge in [-0.2, -0.15) is 5.10 Å². The van der Waals surface area contributed by atoms with Crippen LogP contribution in [0.5, 0.6) is 5.75 Å². The van der Waals surface area contributed by atoms with Gasteiger partial charge in [-0.05, 0) is 37.3 Å². The van der Waals surface area contributed by atoms with Crippen molar-refractivity contribution in [3.63, 3.8) is 0 Å². The van der Waals surface area contributed by atoms with E-state index in [-0.39, 0.29) is 0 Å². The Hall–Kier alpha value is -2.40. The number of aryl methyl sites for hydroxylation is 1. The molecule has 0 aliphatic carbocycles. The van der Waals surface area contributed by atoms with Crippen LogP contribution in [0, 0.1) is 6.92 Å². The van der Waals surface area contributed by atoms with Crippen molar-refractivity contribution in [2.75, 3.05) is 7.11 Å². The predicted molar refractivity (Wildman–Crippen MR) is 96.2 cm³/mol. The fraction of sp³-hybridized carbons (Fsp3) is 0.111. The molecule has 0 unspecified atom stereocenters. The van der Waals surface area contributed by atoms with Crippen molar-refractivity contribution < 1.29 is 4.74 Å². The molecule has 0 bridgehead atoms. The molecule has 0 saturated carbocycles. The molecule has 0 spiro atoms. The van der Waals surface area contributed by atoms with E-state index in [1.807, 2.05) is 66.2 Å². The molecule has 0 aliphatic heterocycles. The van der Waals surface area contributed by atoms with Gasteiger partial charge in [-0.15, -0.1) is 0 Å².